The summed E-state index contributed by atoms with van der Waals surface area (Å²) >= 11 is 0. The summed E-state index contributed by atoms with van der Waals surface area (Å²) in [4.78, 5) is 0. The number of aromatic nitrogens is 2. The van der Waals surface area contributed by atoms with Gasteiger partial charge >= 0.3 is 0 Å². The van der Waals surface area contributed by atoms with Gasteiger partial charge in [0.05, 0.1) is 12.2 Å². The Morgan fingerprint density at radius 3 is 2.67 bits per heavy atom. The van der Waals surface area contributed by atoms with Crippen LogP contribution in [0.15, 0.2) is 30.5 Å². The van der Waals surface area contributed by atoms with Crippen LogP contribution in [0.4, 0.5) is 0 Å². The van der Waals surface area contributed by atoms with E-state index in [4.69, 9.17) is 0 Å². The number of rotatable bonds is 7. The summed E-state index contributed by atoms with van der Waals surface area (Å²) in [6.45, 7) is 7.58. The van der Waals surface area contributed by atoms with E-state index in [1.54, 1.807) is 0 Å². The van der Waals surface area contributed by atoms with Crippen molar-refractivity contribution in [2.24, 2.45) is 7.05 Å². The van der Waals surface area contributed by atoms with Gasteiger partial charge in [-0.1, -0.05) is 44.5 Å². The molecule has 1 atom stereocenters. The van der Waals surface area contributed by atoms with Crippen molar-refractivity contribution in [3.63, 3.8) is 0 Å². The molecule has 0 amide bonds. The lowest BCUT2D eigenvalue weighted by Crippen LogP contribution is -2.23. The van der Waals surface area contributed by atoms with Gasteiger partial charge in [-0.2, -0.15) is 5.10 Å². The maximum absolute atomic E-state index is 4.41. The molecule has 114 valence electrons. The van der Waals surface area contributed by atoms with Crippen molar-refractivity contribution in [1.29, 1.82) is 0 Å². The Hall–Kier alpha value is -1.61. The van der Waals surface area contributed by atoms with E-state index < -0.39 is 0 Å². The van der Waals surface area contributed by atoms with Crippen LogP contribution in [-0.2, 0) is 13.5 Å². The monoisotopic (exact) mass is 285 g/mol. The van der Waals surface area contributed by atoms with E-state index in [2.05, 4.69) is 55.5 Å². The highest BCUT2D eigenvalue weighted by molar-refractivity contribution is 5.35. The van der Waals surface area contributed by atoms with Gasteiger partial charge in [0, 0.05) is 18.3 Å². The van der Waals surface area contributed by atoms with Gasteiger partial charge < -0.3 is 5.32 Å². The molecule has 0 saturated carbocycles. The summed E-state index contributed by atoms with van der Waals surface area (Å²) < 4.78 is 1.95. The van der Waals surface area contributed by atoms with Gasteiger partial charge in [0.15, 0.2) is 0 Å². The lowest BCUT2D eigenvalue weighted by molar-refractivity contribution is 0.594. The van der Waals surface area contributed by atoms with Crippen LogP contribution in [0.3, 0.4) is 0 Å². The van der Waals surface area contributed by atoms with E-state index >= 15 is 0 Å². The standard InChI is InChI=1S/C18H27N3/c1-5-8-15-9-7-10-16(12-15)18(19-11-6-2)17-13-20-21(4)14(17)3/h7,9-10,12-13,18-19H,5-6,8,11H2,1-4H3. The van der Waals surface area contributed by atoms with Gasteiger partial charge in [-0.05, 0) is 37.4 Å². The van der Waals surface area contributed by atoms with Crippen LogP contribution in [0.1, 0.15) is 55.1 Å². The lowest BCUT2D eigenvalue weighted by atomic mass is 9.96. The first-order valence-corrected chi connectivity index (χ1v) is 7.98. The Morgan fingerprint density at radius 1 is 1.24 bits per heavy atom. The van der Waals surface area contributed by atoms with E-state index in [1.807, 2.05) is 17.9 Å². The molecule has 1 heterocycles. The molecular formula is C18H27N3. The predicted molar refractivity (Wildman–Crippen MR) is 88.5 cm³/mol. The van der Waals surface area contributed by atoms with Crippen molar-refractivity contribution in [2.45, 2.75) is 46.1 Å². The van der Waals surface area contributed by atoms with E-state index in [0.29, 0.717) is 0 Å². The molecule has 1 aromatic carbocycles. The van der Waals surface area contributed by atoms with Crippen LogP contribution in [0.2, 0.25) is 0 Å². The second-order valence-electron chi connectivity index (χ2n) is 5.69. The topological polar surface area (TPSA) is 29.9 Å². The summed E-state index contributed by atoms with van der Waals surface area (Å²) in [5, 5.41) is 8.08. The van der Waals surface area contributed by atoms with Crippen LogP contribution in [0.5, 0.6) is 0 Å². The smallest absolute Gasteiger partial charge is 0.0610 e. The average molecular weight is 285 g/mol. The van der Waals surface area contributed by atoms with Crippen molar-refractivity contribution in [3.8, 4) is 0 Å². The van der Waals surface area contributed by atoms with Crippen LogP contribution in [0.25, 0.3) is 0 Å². The fourth-order valence-corrected chi connectivity index (χ4v) is 2.71. The maximum atomic E-state index is 4.41. The third-order valence-corrected chi connectivity index (χ3v) is 4.01. The zero-order chi connectivity index (χ0) is 15.2. The SMILES string of the molecule is CCCNC(c1cccc(CCC)c1)c1cnn(C)c1C. The third kappa shape index (κ3) is 3.73. The molecule has 1 aromatic heterocycles. The highest BCUT2D eigenvalue weighted by Crippen LogP contribution is 2.25. The Labute approximate surface area is 128 Å². The number of aryl methyl sites for hydroxylation is 2. The minimum absolute atomic E-state index is 0.232. The summed E-state index contributed by atoms with van der Waals surface area (Å²) in [6.07, 6.45) is 5.45. The zero-order valence-corrected chi connectivity index (χ0v) is 13.7. The van der Waals surface area contributed by atoms with Crippen LogP contribution >= 0.6 is 0 Å². The second-order valence-corrected chi connectivity index (χ2v) is 5.69. The normalized spacial score (nSPS) is 12.6. The molecule has 1 N–H and O–H groups in total. The zero-order valence-electron chi connectivity index (χ0n) is 13.7. The molecule has 3 nitrogen and oxygen atoms in total. The maximum Gasteiger partial charge on any atom is 0.0610 e. The minimum atomic E-state index is 0.232. The molecule has 1 unspecified atom stereocenters. The van der Waals surface area contributed by atoms with Crippen LogP contribution in [-0.4, -0.2) is 16.3 Å². The van der Waals surface area contributed by atoms with Crippen LogP contribution in [0, 0.1) is 6.92 Å². The summed E-state index contributed by atoms with van der Waals surface area (Å²) in [5.74, 6) is 0. The number of hydrogen-bond donors (Lipinski definition) is 1. The molecule has 0 radical (unpaired) electrons. The van der Waals surface area contributed by atoms with Crippen LogP contribution < -0.4 is 5.32 Å². The molecular weight excluding hydrogens is 258 g/mol. The third-order valence-electron chi connectivity index (χ3n) is 4.01. The Bertz CT molecular complexity index is 572. The number of nitrogens with zero attached hydrogens (tertiary/aromatic N) is 2. The first kappa shape index (κ1) is 15.8. The first-order valence-electron chi connectivity index (χ1n) is 7.98. The van der Waals surface area contributed by atoms with Crippen molar-refractivity contribution >= 4 is 0 Å². The molecule has 0 aliphatic heterocycles. The van der Waals surface area contributed by atoms with Crippen molar-refractivity contribution < 1.29 is 0 Å². The largest absolute Gasteiger partial charge is 0.306 e. The highest BCUT2D eigenvalue weighted by atomic mass is 15.3. The molecule has 0 spiro atoms. The molecule has 0 aliphatic carbocycles. The van der Waals surface area contributed by atoms with E-state index in [0.717, 1.165) is 19.4 Å². The number of benzene rings is 1. The second kappa shape index (κ2) is 7.41. The van der Waals surface area contributed by atoms with Gasteiger partial charge in [0.25, 0.3) is 0 Å². The Balaban J connectivity index is 2.35. The molecule has 3 heteroatoms. The highest BCUT2D eigenvalue weighted by Gasteiger charge is 2.18. The quantitative estimate of drug-likeness (QED) is 0.839. The molecule has 0 fully saturated rings. The van der Waals surface area contributed by atoms with Gasteiger partial charge in [-0.15, -0.1) is 0 Å². The average Bonchev–Trinajstić information content (AvgIpc) is 2.81. The van der Waals surface area contributed by atoms with Gasteiger partial charge in [-0.3, -0.25) is 4.68 Å². The van der Waals surface area contributed by atoms with Gasteiger partial charge in [0.1, 0.15) is 0 Å². The van der Waals surface area contributed by atoms with Crippen molar-refractivity contribution in [1.82, 2.24) is 15.1 Å². The minimum Gasteiger partial charge on any atom is -0.306 e. The van der Waals surface area contributed by atoms with Gasteiger partial charge in [0.2, 0.25) is 0 Å². The molecule has 0 aliphatic rings. The summed E-state index contributed by atoms with van der Waals surface area (Å²) in [7, 11) is 2.00. The number of nitrogens with one attached hydrogen (secondary N) is 1. The predicted octanol–water partition coefficient (Wildman–Crippen LogP) is 3.77. The Kier molecular flexibility index (Phi) is 5.57. The van der Waals surface area contributed by atoms with Crippen molar-refractivity contribution in [2.75, 3.05) is 6.54 Å². The van der Waals surface area contributed by atoms with E-state index in [9.17, 15) is 0 Å². The fraction of sp³-hybridized carbons (Fsp3) is 0.500. The van der Waals surface area contributed by atoms with E-state index in [1.165, 1.54) is 28.8 Å². The summed E-state index contributed by atoms with van der Waals surface area (Å²) in [5.41, 5.74) is 5.26. The molecule has 2 rings (SSSR count). The summed E-state index contributed by atoms with van der Waals surface area (Å²) in [6, 6.07) is 9.19. The molecule has 21 heavy (non-hydrogen) atoms. The first-order chi connectivity index (χ1) is 10.2. The Morgan fingerprint density at radius 2 is 2.05 bits per heavy atom. The van der Waals surface area contributed by atoms with Crippen molar-refractivity contribution in [3.05, 3.63) is 52.8 Å². The van der Waals surface area contributed by atoms with E-state index in [-0.39, 0.29) is 6.04 Å². The molecule has 0 bridgehead atoms. The lowest BCUT2D eigenvalue weighted by Gasteiger charge is -2.20. The number of hydrogen-bond acceptors (Lipinski definition) is 2. The molecule has 0 saturated heterocycles. The molecule has 2 aromatic rings. The van der Waals surface area contributed by atoms with Gasteiger partial charge in [-0.25, -0.2) is 0 Å². The fourth-order valence-electron chi connectivity index (χ4n) is 2.71.